The van der Waals surface area contributed by atoms with Crippen LogP contribution in [0.1, 0.15) is 31.9 Å². The number of ether oxygens (including phenoxy) is 2. The molecule has 34 heavy (non-hydrogen) atoms. The lowest BCUT2D eigenvalue weighted by atomic mass is 9.49. The van der Waals surface area contributed by atoms with Crippen molar-refractivity contribution in [2.45, 2.75) is 50.3 Å². The number of anilines is 1. The number of imidazole rings is 1. The highest BCUT2D eigenvalue weighted by molar-refractivity contribution is 6.33. The van der Waals surface area contributed by atoms with Crippen LogP contribution >= 0.6 is 34.8 Å². The molecule has 1 N–H and O–H groups in total. The second-order valence-electron chi connectivity index (χ2n) is 10.2. The Hall–Kier alpha value is -2.08. The first-order valence-electron chi connectivity index (χ1n) is 11.2. The molecular weight excluding hydrogens is 497 g/mol. The van der Waals surface area contributed by atoms with Gasteiger partial charge < -0.3 is 19.4 Å². The van der Waals surface area contributed by atoms with E-state index >= 15 is 0 Å². The zero-order valence-corrected chi connectivity index (χ0v) is 20.6. The molecule has 7 nitrogen and oxygen atoms in total. The lowest BCUT2D eigenvalue weighted by molar-refractivity contribution is -0.273. The fraction of sp³-hybridized carbons (Fsp3) is 0.458. The van der Waals surface area contributed by atoms with Crippen LogP contribution in [0.4, 0.5) is 5.69 Å². The number of benzene rings is 1. The number of nitrogens with zero attached hydrogens (tertiary/aromatic N) is 4. The van der Waals surface area contributed by atoms with E-state index in [-0.39, 0.29) is 18.1 Å². The average Bonchev–Trinajstić information content (AvgIpc) is 3.46. The summed E-state index contributed by atoms with van der Waals surface area (Å²) in [6.07, 6.45) is 2.35. The van der Waals surface area contributed by atoms with Gasteiger partial charge in [0.15, 0.2) is 11.4 Å². The number of aromatic nitrogens is 3. The molecule has 2 aromatic heterocycles. The lowest BCUT2D eigenvalue weighted by Crippen LogP contribution is -2.64. The molecule has 3 aromatic rings. The maximum absolute atomic E-state index is 10.1. The molecule has 6 atom stereocenters. The Labute approximate surface area is 210 Å². The van der Waals surface area contributed by atoms with Gasteiger partial charge in [0.25, 0.3) is 0 Å². The van der Waals surface area contributed by atoms with Crippen LogP contribution < -0.4 is 5.32 Å². The Balaban J connectivity index is 1.28. The second-order valence-corrected chi connectivity index (χ2v) is 11.4. The van der Waals surface area contributed by atoms with Crippen molar-refractivity contribution >= 4 is 51.7 Å². The Morgan fingerprint density at radius 3 is 2.88 bits per heavy atom. The molecule has 4 aliphatic carbocycles. The van der Waals surface area contributed by atoms with Crippen LogP contribution in [0.15, 0.2) is 30.6 Å². The molecule has 1 spiro atoms. The van der Waals surface area contributed by atoms with Crippen LogP contribution in [0, 0.1) is 28.6 Å². The number of nitrogens with one attached hydrogen (secondary N) is 1. The van der Waals surface area contributed by atoms with E-state index in [4.69, 9.17) is 44.3 Å². The molecule has 174 valence electrons. The Bertz CT molecular complexity index is 1430. The van der Waals surface area contributed by atoms with Crippen molar-refractivity contribution in [2.24, 2.45) is 17.3 Å². The number of fused-ring (bicyclic) bond motifs is 1. The normalized spacial score (nSPS) is 36.0. The van der Waals surface area contributed by atoms with Crippen molar-refractivity contribution in [1.29, 1.82) is 5.26 Å². The summed E-state index contributed by atoms with van der Waals surface area (Å²) >= 11 is 18.9. The Kier molecular flexibility index (Phi) is 4.10. The van der Waals surface area contributed by atoms with E-state index < -0.39 is 16.8 Å². The molecule has 5 fully saturated rings. The van der Waals surface area contributed by atoms with Crippen molar-refractivity contribution in [2.75, 3.05) is 5.32 Å². The predicted molar refractivity (Wildman–Crippen MR) is 128 cm³/mol. The summed E-state index contributed by atoms with van der Waals surface area (Å²) in [6.45, 7) is 4.28. The summed E-state index contributed by atoms with van der Waals surface area (Å²) in [7, 11) is 0. The Morgan fingerprint density at radius 1 is 1.26 bits per heavy atom. The zero-order valence-electron chi connectivity index (χ0n) is 18.3. The monoisotopic (exact) mass is 515 g/mol. The van der Waals surface area contributed by atoms with Gasteiger partial charge in [-0.25, -0.2) is 9.97 Å². The van der Waals surface area contributed by atoms with E-state index in [9.17, 15) is 5.26 Å². The largest absolute Gasteiger partial charge is 0.379 e. The summed E-state index contributed by atoms with van der Waals surface area (Å²) in [5.41, 5.74) is 1.90. The zero-order chi connectivity index (χ0) is 23.6. The van der Waals surface area contributed by atoms with Gasteiger partial charge in [-0.2, -0.15) is 5.26 Å². The molecule has 8 rings (SSSR count). The van der Waals surface area contributed by atoms with Gasteiger partial charge >= 0.3 is 0 Å². The molecule has 1 aromatic carbocycles. The number of hydrogen-bond donors (Lipinski definition) is 1. The van der Waals surface area contributed by atoms with Crippen molar-refractivity contribution in [1.82, 2.24) is 14.5 Å². The van der Waals surface area contributed by atoms with Crippen LogP contribution in [-0.4, -0.2) is 32.0 Å². The van der Waals surface area contributed by atoms with Crippen molar-refractivity contribution < 1.29 is 9.47 Å². The molecule has 1 saturated heterocycles. The van der Waals surface area contributed by atoms with Crippen LogP contribution in [0.5, 0.6) is 0 Å². The van der Waals surface area contributed by atoms with Gasteiger partial charge in [-0.05, 0) is 44.0 Å². The first-order chi connectivity index (χ1) is 16.2. The standard InChI is InChI=1S/C24H20Cl3N5O2/c1-22(2)33-21-23(9-28)7-13-17(23)19(24(13,21)34-22)32-10-30-18-15(6-16(27)31-20(18)32)29-8-11-5-12(25)3-4-14(11)26/h3-6,10,13,17,19,21H,7-8H2,1-2H3,(H,29,31)/t13?,17-,19-,21-,23+,24-/m1/s1. The van der Waals surface area contributed by atoms with Gasteiger partial charge in [0.05, 0.1) is 29.5 Å². The fourth-order valence-electron chi connectivity index (χ4n) is 7.06. The van der Waals surface area contributed by atoms with Crippen LogP contribution in [-0.2, 0) is 16.0 Å². The van der Waals surface area contributed by atoms with E-state index in [0.29, 0.717) is 38.8 Å². The van der Waals surface area contributed by atoms with Crippen molar-refractivity contribution in [3.05, 3.63) is 51.4 Å². The molecular formula is C24H20Cl3N5O2. The third-order valence-corrected chi connectivity index (χ3v) is 8.95. The van der Waals surface area contributed by atoms with Crippen LogP contribution in [0.3, 0.4) is 0 Å². The van der Waals surface area contributed by atoms with Crippen LogP contribution in [0.25, 0.3) is 11.2 Å². The highest BCUT2D eigenvalue weighted by atomic mass is 35.5. The van der Waals surface area contributed by atoms with Crippen molar-refractivity contribution in [3.8, 4) is 6.07 Å². The highest BCUT2D eigenvalue weighted by Gasteiger charge is 2.94. The topological polar surface area (TPSA) is 85.0 Å². The number of halogens is 3. The average molecular weight is 517 g/mol. The van der Waals surface area contributed by atoms with Crippen molar-refractivity contribution in [3.63, 3.8) is 0 Å². The van der Waals surface area contributed by atoms with Gasteiger partial charge in [-0.15, -0.1) is 0 Å². The van der Waals surface area contributed by atoms with E-state index in [2.05, 4.69) is 21.4 Å². The Morgan fingerprint density at radius 2 is 2.09 bits per heavy atom. The van der Waals surface area contributed by atoms with E-state index in [1.165, 1.54) is 0 Å². The molecule has 1 aliphatic heterocycles. The molecule has 1 unspecified atom stereocenters. The quantitative estimate of drug-likeness (QED) is 0.454. The van der Waals surface area contributed by atoms with E-state index in [0.717, 1.165) is 17.7 Å². The molecule has 3 heterocycles. The number of rotatable bonds is 4. The van der Waals surface area contributed by atoms with Gasteiger partial charge in [0.2, 0.25) is 0 Å². The van der Waals surface area contributed by atoms with Gasteiger partial charge in [0.1, 0.15) is 22.4 Å². The maximum Gasteiger partial charge on any atom is 0.164 e. The first-order valence-corrected chi connectivity index (χ1v) is 12.3. The third kappa shape index (κ3) is 2.41. The summed E-state index contributed by atoms with van der Waals surface area (Å²) in [5, 5.41) is 15.1. The number of pyridine rings is 1. The molecule has 4 saturated carbocycles. The molecule has 4 bridgehead atoms. The smallest absolute Gasteiger partial charge is 0.164 e. The molecule has 10 heteroatoms. The lowest BCUT2D eigenvalue weighted by Gasteiger charge is -2.60. The fourth-order valence-corrected chi connectivity index (χ4v) is 7.62. The highest BCUT2D eigenvalue weighted by Crippen LogP contribution is 2.86. The summed E-state index contributed by atoms with van der Waals surface area (Å²) in [5.74, 6) is -0.277. The molecule has 0 radical (unpaired) electrons. The number of hydrogen-bond acceptors (Lipinski definition) is 6. The van der Waals surface area contributed by atoms with Crippen LogP contribution in [0.2, 0.25) is 15.2 Å². The van der Waals surface area contributed by atoms with Gasteiger partial charge in [0, 0.05) is 34.5 Å². The molecule has 0 amide bonds. The van der Waals surface area contributed by atoms with E-state index in [1.54, 1.807) is 24.5 Å². The summed E-state index contributed by atoms with van der Waals surface area (Å²) < 4.78 is 14.9. The summed E-state index contributed by atoms with van der Waals surface area (Å²) in [4.78, 5) is 9.31. The van der Waals surface area contributed by atoms with Gasteiger partial charge in [-0.1, -0.05) is 34.8 Å². The second kappa shape index (κ2) is 6.57. The minimum atomic E-state index is -0.737. The maximum atomic E-state index is 10.1. The minimum Gasteiger partial charge on any atom is -0.379 e. The molecule has 5 aliphatic rings. The van der Waals surface area contributed by atoms with E-state index in [1.807, 2.05) is 24.5 Å². The SMILES string of the molecule is CC1(C)O[C@@H]2[C@]3(C#N)CC4[C@@H]3[C@@H](n3cnc5c(NCc6cc(Cl)ccc6Cl)cc(Cl)nc53)[C@]42O1. The first kappa shape index (κ1) is 21.2. The minimum absolute atomic E-state index is 0.0798. The number of nitriles is 1. The van der Waals surface area contributed by atoms with Gasteiger partial charge in [-0.3, -0.25) is 0 Å². The summed E-state index contributed by atoms with van der Waals surface area (Å²) in [6, 6.07) is 9.62. The third-order valence-electron chi connectivity index (χ3n) is 8.15. The predicted octanol–water partition coefficient (Wildman–Crippen LogP) is 5.61.